The Kier molecular flexibility index (Phi) is 3.24. The molecule has 3 fully saturated rings. The average molecular weight is 251 g/mol. The Bertz CT molecular complexity index is 352. The van der Waals surface area contributed by atoms with Crippen molar-refractivity contribution < 1.29 is 9.59 Å². The van der Waals surface area contributed by atoms with E-state index < -0.39 is 0 Å². The number of carbonyl (C=O) groups excluding carboxylic acids is 2. The van der Waals surface area contributed by atoms with Gasteiger partial charge in [0.25, 0.3) is 0 Å². The van der Waals surface area contributed by atoms with E-state index in [1.807, 2.05) is 0 Å². The van der Waals surface area contributed by atoms with Crippen LogP contribution in [0.15, 0.2) is 0 Å². The second kappa shape index (κ2) is 4.88. The maximum atomic E-state index is 12.3. The Balaban J connectivity index is 1.65. The first-order valence-electron chi connectivity index (χ1n) is 7.04. The predicted octanol–water partition coefficient (Wildman–Crippen LogP) is -0.181. The first-order chi connectivity index (χ1) is 8.75. The van der Waals surface area contributed by atoms with Gasteiger partial charge < -0.3 is 15.1 Å². The molecule has 5 heteroatoms. The van der Waals surface area contributed by atoms with Crippen molar-refractivity contribution in [1.82, 2.24) is 15.1 Å². The lowest BCUT2D eigenvalue weighted by Crippen LogP contribution is -2.58. The molecule has 0 aromatic heterocycles. The third-order valence-electron chi connectivity index (χ3n) is 4.37. The predicted molar refractivity (Wildman–Crippen MR) is 66.9 cm³/mol. The normalized spacial score (nSPS) is 32.9. The van der Waals surface area contributed by atoms with Crippen molar-refractivity contribution >= 4 is 11.8 Å². The van der Waals surface area contributed by atoms with E-state index in [0.29, 0.717) is 12.5 Å². The highest BCUT2D eigenvalue weighted by atomic mass is 16.2. The number of piperazine rings is 1. The standard InChI is InChI=1S/C13H21N3O2/c17-12-9-15(8-10-3-1-5-14-7-10)13(18)11-4-2-6-16(11)12/h10-11,14H,1-9H2. The minimum absolute atomic E-state index is 0.140. The van der Waals surface area contributed by atoms with E-state index in [9.17, 15) is 9.59 Å². The fourth-order valence-corrected chi connectivity index (χ4v) is 3.41. The van der Waals surface area contributed by atoms with Crippen LogP contribution in [-0.4, -0.2) is 60.4 Å². The van der Waals surface area contributed by atoms with Gasteiger partial charge in [0.05, 0.1) is 6.54 Å². The van der Waals surface area contributed by atoms with Crippen LogP contribution in [0.5, 0.6) is 0 Å². The number of nitrogens with one attached hydrogen (secondary N) is 1. The molecule has 3 saturated heterocycles. The molecule has 0 radical (unpaired) electrons. The second-order valence-corrected chi connectivity index (χ2v) is 5.68. The Labute approximate surface area is 107 Å². The van der Waals surface area contributed by atoms with Crippen molar-refractivity contribution in [3.8, 4) is 0 Å². The van der Waals surface area contributed by atoms with Gasteiger partial charge in [-0.05, 0) is 44.7 Å². The summed E-state index contributed by atoms with van der Waals surface area (Å²) < 4.78 is 0. The minimum Gasteiger partial charge on any atom is -0.331 e. The van der Waals surface area contributed by atoms with E-state index in [-0.39, 0.29) is 17.9 Å². The molecule has 0 aromatic rings. The summed E-state index contributed by atoms with van der Waals surface area (Å²) in [5.41, 5.74) is 0. The van der Waals surface area contributed by atoms with Crippen molar-refractivity contribution in [2.45, 2.75) is 31.7 Å². The SMILES string of the molecule is O=C1C2CCCN2C(=O)CN1CC1CCCNC1. The molecule has 0 bridgehead atoms. The number of fused-ring (bicyclic) bond motifs is 1. The Hall–Kier alpha value is -1.10. The second-order valence-electron chi connectivity index (χ2n) is 5.68. The molecule has 0 aliphatic carbocycles. The molecule has 5 nitrogen and oxygen atoms in total. The van der Waals surface area contributed by atoms with E-state index in [1.54, 1.807) is 9.80 Å². The van der Waals surface area contributed by atoms with Gasteiger partial charge in [0.1, 0.15) is 6.04 Å². The van der Waals surface area contributed by atoms with Gasteiger partial charge in [-0.2, -0.15) is 0 Å². The smallest absolute Gasteiger partial charge is 0.245 e. The molecule has 100 valence electrons. The zero-order chi connectivity index (χ0) is 12.5. The first kappa shape index (κ1) is 12.0. The number of nitrogens with zero attached hydrogens (tertiary/aromatic N) is 2. The molecule has 2 amide bonds. The van der Waals surface area contributed by atoms with Crippen LogP contribution < -0.4 is 5.32 Å². The summed E-state index contributed by atoms with van der Waals surface area (Å²) in [6.07, 6.45) is 4.17. The Morgan fingerprint density at radius 1 is 1.22 bits per heavy atom. The number of rotatable bonds is 2. The summed E-state index contributed by atoms with van der Waals surface area (Å²) >= 11 is 0. The number of amides is 2. The quantitative estimate of drug-likeness (QED) is 0.740. The van der Waals surface area contributed by atoms with Crippen LogP contribution in [0.3, 0.4) is 0 Å². The highest BCUT2D eigenvalue weighted by Gasteiger charge is 2.42. The summed E-state index contributed by atoms with van der Waals surface area (Å²) in [6.45, 7) is 3.88. The molecule has 0 aromatic carbocycles. The van der Waals surface area contributed by atoms with Crippen molar-refractivity contribution in [2.75, 3.05) is 32.7 Å². The summed E-state index contributed by atoms with van der Waals surface area (Å²) in [6, 6.07) is -0.150. The van der Waals surface area contributed by atoms with Crippen LogP contribution in [0.1, 0.15) is 25.7 Å². The number of hydrogen-bond donors (Lipinski definition) is 1. The molecule has 3 aliphatic heterocycles. The molecule has 3 rings (SSSR count). The molecule has 18 heavy (non-hydrogen) atoms. The van der Waals surface area contributed by atoms with E-state index in [1.165, 1.54) is 12.8 Å². The van der Waals surface area contributed by atoms with Gasteiger partial charge in [0.15, 0.2) is 0 Å². The van der Waals surface area contributed by atoms with Gasteiger partial charge in [-0.1, -0.05) is 0 Å². The van der Waals surface area contributed by atoms with Gasteiger partial charge in [-0.15, -0.1) is 0 Å². The molecule has 2 unspecified atom stereocenters. The fourth-order valence-electron chi connectivity index (χ4n) is 3.41. The zero-order valence-electron chi connectivity index (χ0n) is 10.7. The Morgan fingerprint density at radius 3 is 2.89 bits per heavy atom. The van der Waals surface area contributed by atoms with E-state index in [4.69, 9.17) is 0 Å². The van der Waals surface area contributed by atoms with Gasteiger partial charge in [-0.25, -0.2) is 0 Å². The summed E-state index contributed by atoms with van der Waals surface area (Å²) in [4.78, 5) is 27.9. The minimum atomic E-state index is -0.150. The summed E-state index contributed by atoms with van der Waals surface area (Å²) in [5, 5.41) is 3.36. The third-order valence-corrected chi connectivity index (χ3v) is 4.37. The van der Waals surface area contributed by atoms with Crippen molar-refractivity contribution in [3.05, 3.63) is 0 Å². The van der Waals surface area contributed by atoms with Crippen molar-refractivity contribution in [3.63, 3.8) is 0 Å². The molecular formula is C13H21N3O2. The molecule has 0 saturated carbocycles. The molecular weight excluding hydrogens is 230 g/mol. The van der Waals surface area contributed by atoms with E-state index in [0.717, 1.165) is 39.0 Å². The molecule has 3 aliphatic rings. The highest BCUT2D eigenvalue weighted by molar-refractivity contribution is 5.95. The topological polar surface area (TPSA) is 52.7 Å². The zero-order valence-corrected chi connectivity index (χ0v) is 10.7. The van der Waals surface area contributed by atoms with E-state index in [2.05, 4.69) is 5.32 Å². The first-order valence-corrected chi connectivity index (χ1v) is 7.04. The van der Waals surface area contributed by atoms with Crippen molar-refractivity contribution in [2.24, 2.45) is 5.92 Å². The third kappa shape index (κ3) is 2.11. The van der Waals surface area contributed by atoms with Crippen LogP contribution in [0.4, 0.5) is 0 Å². The lowest BCUT2D eigenvalue weighted by atomic mass is 9.98. The van der Waals surface area contributed by atoms with Crippen LogP contribution >= 0.6 is 0 Å². The van der Waals surface area contributed by atoms with Crippen LogP contribution in [-0.2, 0) is 9.59 Å². The maximum Gasteiger partial charge on any atom is 0.245 e. The highest BCUT2D eigenvalue weighted by Crippen LogP contribution is 2.24. The van der Waals surface area contributed by atoms with Gasteiger partial charge >= 0.3 is 0 Å². The van der Waals surface area contributed by atoms with Crippen LogP contribution in [0.25, 0.3) is 0 Å². The monoisotopic (exact) mass is 251 g/mol. The number of piperidine rings is 1. The van der Waals surface area contributed by atoms with E-state index >= 15 is 0 Å². The summed E-state index contributed by atoms with van der Waals surface area (Å²) in [7, 11) is 0. The maximum absolute atomic E-state index is 12.3. The largest absolute Gasteiger partial charge is 0.331 e. The Morgan fingerprint density at radius 2 is 2.11 bits per heavy atom. The van der Waals surface area contributed by atoms with Gasteiger partial charge in [0, 0.05) is 13.1 Å². The molecule has 0 spiro atoms. The van der Waals surface area contributed by atoms with Gasteiger partial charge in [-0.3, -0.25) is 9.59 Å². The lowest BCUT2D eigenvalue weighted by molar-refractivity contribution is -0.154. The molecule has 3 heterocycles. The molecule has 1 N–H and O–H groups in total. The van der Waals surface area contributed by atoms with Gasteiger partial charge in [0.2, 0.25) is 11.8 Å². The summed E-state index contributed by atoms with van der Waals surface area (Å²) in [5.74, 6) is 0.835. The average Bonchev–Trinajstić information content (AvgIpc) is 2.87. The fraction of sp³-hybridized carbons (Fsp3) is 0.846. The lowest BCUT2D eigenvalue weighted by Gasteiger charge is -2.38. The number of carbonyl (C=O) groups is 2. The van der Waals surface area contributed by atoms with Crippen LogP contribution in [0, 0.1) is 5.92 Å². The molecule has 2 atom stereocenters. The number of hydrogen-bond acceptors (Lipinski definition) is 3. The van der Waals surface area contributed by atoms with Crippen LogP contribution in [0.2, 0.25) is 0 Å². The van der Waals surface area contributed by atoms with Crippen molar-refractivity contribution in [1.29, 1.82) is 0 Å².